The van der Waals surface area contributed by atoms with Crippen LogP contribution in [0.1, 0.15) is 42.5 Å². The van der Waals surface area contributed by atoms with Gasteiger partial charge in [-0.2, -0.15) is 9.78 Å². The van der Waals surface area contributed by atoms with Crippen molar-refractivity contribution in [1.29, 1.82) is 0 Å². The SMILES string of the molecule is COc1ccc([Si](C)(C)[C@H]2[C@H](C)[C@H](CCc3ccc(-n4ncc5ccccc5c4=O)cc3)O[C@@H]2CCn2cc(C(CO)c3ccccc3)nn2)cc1. The Bertz CT molecular complexity index is 2150. The molecule has 0 aliphatic carbocycles. The Morgan fingerprint density at radius 2 is 1.63 bits per heavy atom. The molecule has 1 fully saturated rings. The van der Waals surface area contributed by atoms with Crippen LogP contribution in [0.3, 0.4) is 0 Å². The summed E-state index contributed by atoms with van der Waals surface area (Å²) in [6.07, 6.45) is 6.46. The summed E-state index contributed by atoms with van der Waals surface area (Å²) in [6.45, 7) is 7.95. The molecule has 7 rings (SSSR count). The van der Waals surface area contributed by atoms with E-state index in [4.69, 9.17) is 9.47 Å². The van der Waals surface area contributed by atoms with Gasteiger partial charge in [-0.25, -0.2) is 0 Å². The minimum absolute atomic E-state index is 0.0288. The zero-order valence-corrected chi connectivity index (χ0v) is 31.3. The maximum absolute atomic E-state index is 13.1. The largest absolute Gasteiger partial charge is 0.497 e. The van der Waals surface area contributed by atoms with E-state index in [1.165, 1.54) is 15.4 Å². The fourth-order valence-electron chi connectivity index (χ4n) is 8.20. The molecule has 2 aromatic heterocycles. The van der Waals surface area contributed by atoms with Gasteiger partial charge >= 0.3 is 0 Å². The fourth-order valence-corrected chi connectivity index (χ4v) is 12.3. The molecular weight excluding hydrogens is 667 g/mol. The molecule has 1 aliphatic rings. The van der Waals surface area contributed by atoms with Gasteiger partial charge in [0.25, 0.3) is 5.56 Å². The number of ether oxygens (including phenoxy) is 2. The molecule has 9 nitrogen and oxygen atoms in total. The third-order valence-electron chi connectivity index (χ3n) is 11.1. The summed E-state index contributed by atoms with van der Waals surface area (Å²) >= 11 is 0. The first-order valence-corrected chi connectivity index (χ1v) is 21.3. The first kappa shape index (κ1) is 35.5. The molecule has 1 unspecified atom stereocenters. The Kier molecular flexibility index (Phi) is 10.5. The van der Waals surface area contributed by atoms with Gasteiger partial charge in [-0.3, -0.25) is 9.48 Å². The van der Waals surface area contributed by atoms with E-state index in [1.807, 2.05) is 77.6 Å². The molecule has 0 amide bonds. The van der Waals surface area contributed by atoms with Gasteiger partial charge < -0.3 is 14.6 Å². The van der Waals surface area contributed by atoms with Crippen LogP contribution in [0.15, 0.2) is 120 Å². The van der Waals surface area contributed by atoms with Crippen LogP contribution in [0.25, 0.3) is 16.5 Å². The number of aliphatic hydroxyl groups is 1. The highest BCUT2D eigenvalue weighted by Gasteiger charge is 2.50. The zero-order valence-electron chi connectivity index (χ0n) is 30.3. The van der Waals surface area contributed by atoms with Crippen molar-refractivity contribution in [3.05, 3.63) is 143 Å². The van der Waals surface area contributed by atoms with Crippen LogP contribution in [0.2, 0.25) is 18.6 Å². The van der Waals surface area contributed by atoms with Gasteiger partial charge in [-0.15, -0.1) is 5.10 Å². The van der Waals surface area contributed by atoms with E-state index in [-0.39, 0.29) is 30.3 Å². The van der Waals surface area contributed by atoms with E-state index >= 15 is 0 Å². The molecule has 1 N–H and O–H groups in total. The average molecular weight is 714 g/mol. The highest BCUT2D eigenvalue weighted by atomic mass is 28.3. The number of hydrogen-bond acceptors (Lipinski definition) is 7. The van der Waals surface area contributed by atoms with Crippen molar-refractivity contribution in [3.8, 4) is 11.4 Å². The van der Waals surface area contributed by atoms with Crippen molar-refractivity contribution in [1.82, 2.24) is 24.8 Å². The lowest BCUT2D eigenvalue weighted by molar-refractivity contribution is 0.0250. The van der Waals surface area contributed by atoms with Gasteiger partial charge in [0.2, 0.25) is 0 Å². The Balaban J connectivity index is 1.07. The van der Waals surface area contributed by atoms with Crippen LogP contribution in [0.4, 0.5) is 0 Å². The van der Waals surface area contributed by atoms with E-state index in [2.05, 4.69) is 71.8 Å². The molecule has 0 saturated carbocycles. The first-order chi connectivity index (χ1) is 25.3. The Hall–Kier alpha value is -4.90. The van der Waals surface area contributed by atoms with Crippen LogP contribution >= 0.6 is 0 Å². The van der Waals surface area contributed by atoms with Gasteiger partial charge in [-0.05, 0) is 72.2 Å². The lowest BCUT2D eigenvalue weighted by atomic mass is 9.95. The predicted octanol–water partition coefficient (Wildman–Crippen LogP) is 6.52. The normalized spacial score (nSPS) is 19.6. The van der Waals surface area contributed by atoms with Gasteiger partial charge in [-0.1, -0.05) is 103 Å². The zero-order chi connectivity index (χ0) is 36.2. The molecule has 6 aromatic rings. The summed E-state index contributed by atoms with van der Waals surface area (Å²) in [5.74, 6) is 1.01. The van der Waals surface area contributed by atoms with Gasteiger partial charge in [0.15, 0.2) is 0 Å². The van der Waals surface area contributed by atoms with Crippen LogP contribution in [0.5, 0.6) is 5.75 Å². The highest BCUT2D eigenvalue weighted by Crippen LogP contribution is 2.46. The van der Waals surface area contributed by atoms with Crippen LogP contribution in [-0.2, 0) is 17.7 Å². The molecule has 1 aliphatic heterocycles. The number of methoxy groups -OCH3 is 1. The van der Waals surface area contributed by atoms with Crippen LogP contribution in [0, 0.1) is 5.92 Å². The van der Waals surface area contributed by atoms with Gasteiger partial charge in [0.05, 0.1) is 62.9 Å². The molecule has 0 bridgehead atoms. The number of aromatic nitrogens is 5. The van der Waals surface area contributed by atoms with Gasteiger partial charge in [0.1, 0.15) is 5.75 Å². The summed E-state index contributed by atoms with van der Waals surface area (Å²) in [4.78, 5) is 13.1. The van der Waals surface area contributed by atoms with Crippen molar-refractivity contribution >= 4 is 24.0 Å². The lowest BCUT2D eigenvalue weighted by Crippen LogP contribution is -2.50. The third-order valence-corrected chi connectivity index (χ3v) is 15.5. The Morgan fingerprint density at radius 1 is 0.904 bits per heavy atom. The monoisotopic (exact) mass is 713 g/mol. The second-order valence-electron chi connectivity index (χ2n) is 14.5. The summed E-state index contributed by atoms with van der Waals surface area (Å²) in [7, 11) is -0.322. The molecular formula is C42H47N5O4Si. The molecule has 1 saturated heterocycles. The van der Waals surface area contributed by atoms with E-state index in [9.17, 15) is 9.90 Å². The fraction of sp³-hybridized carbons (Fsp3) is 0.333. The van der Waals surface area contributed by atoms with Crippen molar-refractivity contribution < 1.29 is 14.6 Å². The molecule has 3 heterocycles. The van der Waals surface area contributed by atoms with E-state index in [0.717, 1.165) is 47.3 Å². The smallest absolute Gasteiger partial charge is 0.279 e. The number of aliphatic hydroxyl groups excluding tert-OH is 1. The maximum Gasteiger partial charge on any atom is 0.279 e. The number of rotatable bonds is 13. The Labute approximate surface area is 305 Å². The second-order valence-corrected chi connectivity index (χ2v) is 19.2. The molecule has 10 heteroatoms. The van der Waals surface area contributed by atoms with Crippen molar-refractivity contribution in [3.63, 3.8) is 0 Å². The van der Waals surface area contributed by atoms with E-state index in [0.29, 0.717) is 23.4 Å². The number of nitrogens with zero attached hydrogens (tertiary/aromatic N) is 5. The highest BCUT2D eigenvalue weighted by molar-refractivity contribution is 6.91. The Morgan fingerprint density at radius 3 is 2.37 bits per heavy atom. The second kappa shape index (κ2) is 15.4. The maximum atomic E-state index is 13.1. The van der Waals surface area contributed by atoms with E-state index in [1.54, 1.807) is 13.3 Å². The molecule has 52 heavy (non-hydrogen) atoms. The summed E-state index contributed by atoms with van der Waals surface area (Å²) in [5.41, 5.74) is 4.01. The summed E-state index contributed by atoms with van der Waals surface area (Å²) < 4.78 is 15.9. The quantitative estimate of drug-likeness (QED) is 0.136. The summed E-state index contributed by atoms with van der Waals surface area (Å²) in [5, 5.41) is 26.4. The van der Waals surface area contributed by atoms with Crippen LogP contribution < -0.4 is 15.5 Å². The van der Waals surface area contributed by atoms with Gasteiger partial charge in [0, 0.05) is 18.1 Å². The predicted molar refractivity (Wildman–Crippen MR) is 207 cm³/mol. The van der Waals surface area contributed by atoms with E-state index < -0.39 is 8.07 Å². The lowest BCUT2D eigenvalue weighted by Gasteiger charge is -2.36. The molecule has 4 aromatic carbocycles. The standard InChI is InChI=1S/C42H47N5O4Si/c1-29-39(23-16-30-14-17-33(18-15-30)47-42(49)36-13-9-8-12-32(36)26-43-47)51-40(41(29)52(3,4)35-21-19-34(50-2)20-22-35)24-25-46-27-38(44-45-46)37(28-48)31-10-6-5-7-11-31/h5-15,17-22,26-27,29,37,39-41,48H,16,23-25,28H2,1-4H3/t29-,37?,39+,40-,41+/m1/s1. The number of aryl methyl sites for hydroxylation is 2. The number of benzene rings is 4. The molecule has 5 atom stereocenters. The summed E-state index contributed by atoms with van der Waals surface area (Å²) in [6, 6.07) is 34.3. The van der Waals surface area contributed by atoms with Crippen molar-refractivity contribution in [2.24, 2.45) is 5.92 Å². The van der Waals surface area contributed by atoms with Crippen molar-refractivity contribution in [2.45, 2.75) is 69.5 Å². The third kappa shape index (κ3) is 7.23. The average Bonchev–Trinajstić information content (AvgIpc) is 3.78. The first-order valence-electron chi connectivity index (χ1n) is 18.2. The number of fused-ring (bicyclic) bond motifs is 1. The minimum atomic E-state index is -2.03. The molecule has 0 radical (unpaired) electrons. The van der Waals surface area contributed by atoms with Crippen LogP contribution in [-0.4, -0.2) is 63.9 Å². The molecule has 0 spiro atoms. The molecule has 268 valence electrons. The topological polar surface area (TPSA) is 104 Å². The van der Waals surface area contributed by atoms with Crippen molar-refractivity contribution in [2.75, 3.05) is 13.7 Å². The number of hydrogen-bond donors (Lipinski definition) is 1. The minimum Gasteiger partial charge on any atom is -0.497 e.